The molecule has 5 rings (SSSR count). The number of amides is 1. The lowest BCUT2D eigenvalue weighted by Gasteiger charge is -2.34. The second-order valence-corrected chi connectivity index (χ2v) is 6.96. The van der Waals surface area contributed by atoms with Crippen molar-refractivity contribution in [2.45, 2.75) is 25.0 Å². The zero-order valence-electron chi connectivity index (χ0n) is 14.0. The normalized spacial score (nSPS) is 23.2. The van der Waals surface area contributed by atoms with Crippen LogP contribution in [-0.2, 0) is 6.42 Å². The van der Waals surface area contributed by atoms with Crippen LogP contribution in [0.15, 0.2) is 48.9 Å². The molecular formula is C20H18N4O2. The van der Waals surface area contributed by atoms with E-state index in [1.54, 1.807) is 12.1 Å². The second-order valence-electron chi connectivity index (χ2n) is 6.96. The number of fused-ring (bicyclic) bond motifs is 4. The van der Waals surface area contributed by atoms with Crippen LogP contribution in [0.2, 0.25) is 0 Å². The van der Waals surface area contributed by atoms with E-state index in [4.69, 9.17) is 5.73 Å². The first-order valence-corrected chi connectivity index (χ1v) is 8.74. The van der Waals surface area contributed by atoms with Crippen LogP contribution in [0.4, 0.5) is 0 Å². The Kier molecular flexibility index (Phi) is 3.24. The molecule has 130 valence electrons. The van der Waals surface area contributed by atoms with Crippen LogP contribution in [0.25, 0.3) is 11.3 Å². The molecule has 3 atom stereocenters. The molecule has 0 fully saturated rings. The van der Waals surface area contributed by atoms with Gasteiger partial charge in [-0.05, 0) is 24.5 Å². The van der Waals surface area contributed by atoms with E-state index in [1.807, 2.05) is 24.7 Å². The summed E-state index contributed by atoms with van der Waals surface area (Å²) >= 11 is 0. The quantitative estimate of drug-likeness (QED) is 0.744. The van der Waals surface area contributed by atoms with Gasteiger partial charge in [0, 0.05) is 22.7 Å². The Balaban J connectivity index is 1.57. The number of nitrogens with two attached hydrogens (primary N) is 1. The summed E-state index contributed by atoms with van der Waals surface area (Å²) in [6.45, 7) is 0. The third-order valence-electron chi connectivity index (χ3n) is 5.63. The highest BCUT2D eigenvalue weighted by atomic mass is 16.3. The molecule has 2 aliphatic rings. The van der Waals surface area contributed by atoms with E-state index < -0.39 is 12.0 Å². The van der Waals surface area contributed by atoms with Gasteiger partial charge in [0.05, 0.1) is 30.4 Å². The zero-order valence-corrected chi connectivity index (χ0v) is 14.0. The number of hydrogen-bond acceptors (Lipinski definition) is 4. The average Bonchev–Trinajstić information content (AvgIpc) is 3.23. The summed E-state index contributed by atoms with van der Waals surface area (Å²) < 4.78 is 2.16. The van der Waals surface area contributed by atoms with E-state index in [2.05, 4.69) is 26.7 Å². The van der Waals surface area contributed by atoms with Gasteiger partial charge >= 0.3 is 0 Å². The summed E-state index contributed by atoms with van der Waals surface area (Å²) in [7, 11) is 0. The van der Waals surface area contributed by atoms with Crippen LogP contribution in [0.3, 0.4) is 0 Å². The number of aryl methyl sites for hydroxylation is 1. The first-order chi connectivity index (χ1) is 12.6. The molecule has 1 amide bonds. The third-order valence-corrected chi connectivity index (χ3v) is 5.63. The number of nitrogens with zero attached hydrogens (tertiary/aromatic N) is 3. The number of aliphatic hydroxyl groups is 1. The molecule has 1 aliphatic heterocycles. The van der Waals surface area contributed by atoms with Gasteiger partial charge in [0.15, 0.2) is 0 Å². The van der Waals surface area contributed by atoms with Crippen LogP contribution in [0.1, 0.15) is 45.9 Å². The number of benzene rings is 1. The van der Waals surface area contributed by atoms with Gasteiger partial charge in [-0.1, -0.05) is 30.3 Å². The molecule has 1 aliphatic carbocycles. The molecule has 1 aromatic carbocycles. The van der Waals surface area contributed by atoms with Gasteiger partial charge in [-0.25, -0.2) is 9.97 Å². The number of pyridine rings is 1. The van der Waals surface area contributed by atoms with Gasteiger partial charge in [-0.15, -0.1) is 0 Å². The Bertz CT molecular complexity index is 1030. The van der Waals surface area contributed by atoms with E-state index in [0.717, 1.165) is 23.4 Å². The smallest absolute Gasteiger partial charge is 0.267 e. The van der Waals surface area contributed by atoms with Gasteiger partial charge < -0.3 is 15.4 Å². The Morgan fingerprint density at radius 2 is 2.04 bits per heavy atom. The zero-order chi connectivity index (χ0) is 17.8. The van der Waals surface area contributed by atoms with Crippen molar-refractivity contribution >= 4 is 5.91 Å². The van der Waals surface area contributed by atoms with Crippen LogP contribution in [0.5, 0.6) is 0 Å². The van der Waals surface area contributed by atoms with Crippen molar-refractivity contribution in [1.82, 2.24) is 14.5 Å². The standard InChI is InChI=1S/C20H18N4O2/c21-20(26)16-8-5-13-15(23-16)7-6-14(19(13)25)18-12-4-2-1-3-11(12)17-9-22-10-24(17)18/h1-5,8-10,14,18-19,25H,6-7H2,(H2,21,26)/t14-,18?,19+/m1/s1. The summed E-state index contributed by atoms with van der Waals surface area (Å²) in [4.78, 5) is 20.0. The lowest BCUT2D eigenvalue weighted by molar-refractivity contribution is 0.0708. The van der Waals surface area contributed by atoms with Crippen LogP contribution in [-0.4, -0.2) is 25.5 Å². The second kappa shape index (κ2) is 5.51. The molecular weight excluding hydrogens is 328 g/mol. The minimum Gasteiger partial charge on any atom is -0.388 e. The highest BCUT2D eigenvalue weighted by Gasteiger charge is 2.40. The summed E-state index contributed by atoms with van der Waals surface area (Å²) in [6, 6.07) is 11.7. The topological polar surface area (TPSA) is 94.0 Å². The van der Waals surface area contributed by atoms with E-state index in [9.17, 15) is 9.90 Å². The maximum Gasteiger partial charge on any atom is 0.267 e. The molecule has 0 saturated carbocycles. The van der Waals surface area contributed by atoms with Crippen molar-refractivity contribution in [2.24, 2.45) is 11.7 Å². The van der Waals surface area contributed by atoms with Crippen molar-refractivity contribution in [1.29, 1.82) is 0 Å². The average molecular weight is 346 g/mol. The van der Waals surface area contributed by atoms with Crippen molar-refractivity contribution in [3.63, 3.8) is 0 Å². The van der Waals surface area contributed by atoms with E-state index in [-0.39, 0.29) is 17.7 Å². The number of hydrogen-bond donors (Lipinski definition) is 2. The van der Waals surface area contributed by atoms with Gasteiger partial charge in [0.25, 0.3) is 5.91 Å². The maximum atomic E-state index is 11.4. The molecule has 0 radical (unpaired) electrons. The van der Waals surface area contributed by atoms with E-state index in [1.165, 1.54) is 11.1 Å². The molecule has 0 saturated heterocycles. The van der Waals surface area contributed by atoms with E-state index in [0.29, 0.717) is 6.42 Å². The molecule has 3 heterocycles. The largest absolute Gasteiger partial charge is 0.388 e. The highest BCUT2D eigenvalue weighted by molar-refractivity contribution is 5.90. The first kappa shape index (κ1) is 15.3. The molecule has 3 aromatic rings. The first-order valence-electron chi connectivity index (χ1n) is 8.74. The van der Waals surface area contributed by atoms with Crippen molar-refractivity contribution in [3.8, 4) is 11.3 Å². The van der Waals surface area contributed by atoms with Crippen LogP contribution >= 0.6 is 0 Å². The predicted molar refractivity (Wildman–Crippen MR) is 95.3 cm³/mol. The molecule has 26 heavy (non-hydrogen) atoms. The van der Waals surface area contributed by atoms with Crippen LogP contribution < -0.4 is 5.73 Å². The molecule has 2 aromatic heterocycles. The van der Waals surface area contributed by atoms with Crippen molar-refractivity contribution in [2.75, 3.05) is 0 Å². The molecule has 0 spiro atoms. The molecule has 0 bridgehead atoms. The third kappa shape index (κ3) is 2.05. The molecule has 6 heteroatoms. The lowest BCUT2D eigenvalue weighted by Crippen LogP contribution is -2.29. The fraction of sp³-hybridized carbons (Fsp3) is 0.250. The minimum atomic E-state index is -0.653. The molecule has 3 N–H and O–H groups in total. The number of rotatable bonds is 2. The van der Waals surface area contributed by atoms with Crippen molar-refractivity contribution in [3.05, 3.63) is 71.4 Å². The fourth-order valence-electron chi connectivity index (χ4n) is 4.45. The highest BCUT2D eigenvalue weighted by Crippen LogP contribution is 2.49. The summed E-state index contributed by atoms with van der Waals surface area (Å²) in [6.07, 6.45) is 4.56. The number of carbonyl (C=O) groups is 1. The summed E-state index contributed by atoms with van der Waals surface area (Å²) in [5, 5.41) is 11.1. The van der Waals surface area contributed by atoms with Crippen molar-refractivity contribution < 1.29 is 9.90 Å². The molecule has 1 unspecified atom stereocenters. The lowest BCUT2D eigenvalue weighted by atomic mass is 9.77. The van der Waals surface area contributed by atoms with Gasteiger partial charge in [-0.2, -0.15) is 0 Å². The number of carbonyl (C=O) groups excluding carboxylic acids is 1. The minimum absolute atomic E-state index is 0.0142. The van der Waals surface area contributed by atoms with Crippen LogP contribution in [0, 0.1) is 5.92 Å². The number of primary amides is 1. The Hall–Kier alpha value is -2.99. The molecule has 6 nitrogen and oxygen atoms in total. The summed E-state index contributed by atoms with van der Waals surface area (Å²) in [5.41, 5.74) is 10.6. The number of imidazole rings is 1. The van der Waals surface area contributed by atoms with Gasteiger partial charge in [0.2, 0.25) is 0 Å². The predicted octanol–water partition coefficient (Wildman–Crippen LogP) is 2.24. The number of aromatic nitrogens is 3. The summed E-state index contributed by atoms with van der Waals surface area (Å²) in [5.74, 6) is -0.530. The van der Waals surface area contributed by atoms with E-state index >= 15 is 0 Å². The van der Waals surface area contributed by atoms with Gasteiger partial charge in [0.1, 0.15) is 5.69 Å². The maximum absolute atomic E-state index is 11.4. The monoisotopic (exact) mass is 346 g/mol. The Morgan fingerprint density at radius 1 is 1.19 bits per heavy atom. The Morgan fingerprint density at radius 3 is 2.88 bits per heavy atom. The Labute approximate surface area is 150 Å². The van der Waals surface area contributed by atoms with Gasteiger partial charge in [-0.3, -0.25) is 4.79 Å². The fourth-order valence-corrected chi connectivity index (χ4v) is 4.45. The SMILES string of the molecule is NC(=O)c1ccc2c(n1)CC[C@H](C1c3ccccc3-c3cncn31)[C@H]2O. The number of aliphatic hydroxyl groups excluding tert-OH is 1.